The highest BCUT2D eigenvalue weighted by molar-refractivity contribution is 5.92. The van der Waals surface area contributed by atoms with E-state index in [2.05, 4.69) is 26.3 Å². The SMILES string of the molecule is CC(C)CC(NC(=O)CNC(=O)C1CCCN1)C(=O)NC(CCCN=C(N)N)C(=O)O. The minimum absolute atomic E-state index is 0.0680. The fourth-order valence-corrected chi connectivity index (χ4v) is 3.18. The smallest absolute Gasteiger partial charge is 0.326 e. The van der Waals surface area contributed by atoms with Crippen molar-refractivity contribution in [2.75, 3.05) is 19.6 Å². The van der Waals surface area contributed by atoms with Crippen LogP contribution >= 0.6 is 0 Å². The number of carboxylic acids is 1. The molecule has 9 N–H and O–H groups in total. The highest BCUT2D eigenvalue weighted by Gasteiger charge is 2.27. The molecule has 12 nitrogen and oxygen atoms in total. The number of hydrogen-bond acceptors (Lipinski definition) is 6. The van der Waals surface area contributed by atoms with Gasteiger partial charge in [0.1, 0.15) is 12.1 Å². The number of nitrogens with zero attached hydrogens (tertiary/aromatic N) is 1. The molecule has 1 heterocycles. The summed E-state index contributed by atoms with van der Waals surface area (Å²) < 4.78 is 0. The summed E-state index contributed by atoms with van der Waals surface area (Å²) in [7, 11) is 0. The molecule has 1 aliphatic rings. The lowest BCUT2D eigenvalue weighted by Crippen LogP contribution is -2.54. The second-order valence-electron chi connectivity index (χ2n) is 7.96. The Kier molecular flexibility index (Phi) is 11.3. The molecule has 0 aromatic heterocycles. The zero-order valence-electron chi connectivity index (χ0n) is 18.1. The van der Waals surface area contributed by atoms with E-state index >= 15 is 0 Å². The first-order chi connectivity index (χ1) is 14.6. The van der Waals surface area contributed by atoms with Crippen LogP contribution < -0.4 is 32.7 Å². The maximum absolute atomic E-state index is 12.7. The van der Waals surface area contributed by atoms with E-state index in [0.717, 1.165) is 13.0 Å². The summed E-state index contributed by atoms with van der Waals surface area (Å²) in [6.07, 6.45) is 2.42. The highest BCUT2D eigenvalue weighted by atomic mass is 16.4. The minimum atomic E-state index is -1.19. The number of hydrogen-bond donors (Lipinski definition) is 7. The van der Waals surface area contributed by atoms with Gasteiger partial charge in [-0.2, -0.15) is 0 Å². The molecule has 0 aliphatic carbocycles. The first-order valence-corrected chi connectivity index (χ1v) is 10.5. The van der Waals surface area contributed by atoms with E-state index in [-0.39, 0.29) is 43.3 Å². The van der Waals surface area contributed by atoms with Gasteiger partial charge >= 0.3 is 5.97 Å². The lowest BCUT2D eigenvalue weighted by atomic mass is 10.0. The van der Waals surface area contributed by atoms with Gasteiger partial charge in [-0.15, -0.1) is 0 Å². The summed E-state index contributed by atoms with van der Waals surface area (Å²) in [6, 6.07) is -2.37. The maximum atomic E-state index is 12.7. The van der Waals surface area contributed by atoms with E-state index in [9.17, 15) is 24.3 Å². The quantitative estimate of drug-likeness (QED) is 0.0966. The average molecular weight is 442 g/mol. The van der Waals surface area contributed by atoms with E-state index in [1.807, 2.05) is 13.8 Å². The van der Waals surface area contributed by atoms with Crippen LogP contribution in [0.4, 0.5) is 0 Å². The van der Waals surface area contributed by atoms with Crippen molar-refractivity contribution < 1.29 is 24.3 Å². The van der Waals surface area contributed by atoms with E-state index in [1.165, 1.54) is 0 Å². The van der Waals surface area contributed by atoms with E-state index in [1.54, 1.807) is 0 Å². The summed E-state index contributed by atoms with van der Waals surface area (Å²) >= 11 is 0. The number of carbonyl (C=O) groups excluding carboxylic acids is 3. The Hall–Kier alpha value is -2.89. The van der Waals surface area contributed by atoms with Crippen molar-refractivity contribution in [3.63, 3.8) is 0 Å². The minimum Gasteiger partial charge on any atom is -0.480 e. The zero-order chi connectivity index (χ0) is 23.4. The van der Waals surface area contributed by atoms with Crippen LogP contribution in [0.15, 0.2) is 4.99 Å². The molecule has 12 heteroatoms. The standard InChI is InChI=1S/C19H35N7O5/c1-11(2)9-14(25-15(27)10-24-16(28)12-5-3-7-22-12)17(29)26-13(18(30)31)6-4-8-23-19(20)21/h11-14,22H,3-10H2,1-2H3,(H,24,28)(H,25,27)(H,26,29)(H,30,31)(H4,20,21,23). The molecule has 3 amide bonds. The van der Waals surface area contributed by atoms with Gasteiger partial charge in [-0.25, -0.2) is 4.79 Å². The van der Waals surface area contributed by atoms with Gasteiger partial charge in [0.25, 0.3) is 0 Å². The molecule has 31 heavy (non-hydrogen) atoms. The topological polar surface area (TPSA) is 201 Å². The second-order valence-corrected chi connectivity index (χ2v) is 7.96. The van der Waals surface area contributed by atoms with Crippen LogP contribution in [0.2, 0.25) is 0 Å². The summed E-state index contributed by atoms with van der Waals surface area (Å²) in [5, 5.41) is 20.0. The third kappa shape index (κ3) is 10.6. The van der Waals surface area contributed by atoms with Gasteiger partial charge in [0.05, 0.1) is 12.6 Å². The summed E-state index contributed by atoms with van der Waals surface area (Å²) in [4.78, 5) is 52.2. The van der Waals surface area contributed by atoms with E-state index < -0.39 is 29.9 Å². The number of carboxylic acid groups (broad SMARTS) is 1. The molecule has 1 fully saturated rings. The molecule has 0 bridgehead atoms. The fraction of sp³-hybridized carbons (Fsp3) is 0.737. The van der Waals surface area contributed by atoms with Crippen molar-refractivity contribution in [2.24, 2.45) is 22.4 Å². The van der Waals surface area contributed by atoms with E-state index in [0.29, 0.717) is 19.3 Å². The van der Waals surface area contributed by atoms with Gasteiger partial charge in [0.2, 0.25) is 17.7 Å². The van der Waals surface area contributed by atoms with Crippen LogP contribution in [0.5, 0.6) is 0 Å². The van der Waals surface area contributed by atoms with Gasteiger partial charge in [0, 0.05) is 6.54 Å². The van der Waals surface area contributed by atoms with Gasteiger partial charge in [-0.05, 0) is 44.6 Å². The molecular formula is C19H35N7O5. The van der Waals surface area contributed by atoms with Gasteiger partial charge in [0.15, 0.2) is 5.96 Å². The van der Waals surface area contributed by atoms with Crippen molar-refractivity contribution in [2.45, 2.75) is 64.1 Å². The third-order valence-electron chi connectivity index (χ3n) is 4.72. The van der Waals surface area contributed by atoms with Gasteiger partial charge in [-0.3, -0.25) is 19.4 Å². The first kappa shape index (κ1) is 26.1. The van der Waals surface area contributed by atoms with Gasteiger partial charge < -0.3 is 37.8 Å². The zero-order valence-corrected chi connectivity index (χ0v) is 18.1. The molecule has 0 aromatic rings. The summed E-state index contributed by atoms with van der Waals surface area (Å²) in [6.45, 7) is 4.49. The molecule has 0 saturated carbocycles. The van der Waals surface area contributed by atoms with Crippen molar-refractivity contribution in [1.29, 1.82) is 0 Å². The van der Waals surface area contributed by atoms with Crippen molar-refractivity contribution in [1.82, 2.24) is 21.3 Å². The Bertz CT molecular complexity index is 658. The van der Waals surface area contributed by atoms with Crippen LogP contribution in [0.3, 0.4) is 0 Å². The molecule has 0 aromatic carbocycles. The Balaban J connectivity index is 2.60. The lowest BCUT2D eigenvalue weighted by molar-refractivity contribution is -0.142. The number of aliphatic carboxylic acids is 1. The Morgan fingerprint density at radius 2 is 1.87 bits per heavy atom. The van der Waals surface area contributed by atoms with Crippen LogP contribution in [0.1, 0.15) is 46.0 Å². The number of amides is 3. The van der Waals surface area contributed by atoms with Crippen LogP contribution in [0.25, 0.3) is 0 Å². The highest BCUT2D eigenvalue weighted by Crippen LogP contribution is 2.07. The largest absolute Gasteiger partial charge is 0.480 e. The number of rotatable bonds is 13. The number of guanidine groups is 1. The fourth-order valence-electron chi connectivity index (χ4n) is 3.18. The molecule has 176 valence electrons. The van der Waals surface area contributed by atoms with Crippen LogP contribution in [-0.2, 0) is 19.2 Å². The number of aliphatic imine (C=N–C) groups is 1. The Morgan fingerprint density at radius 3 is 2.42 bits per heavy atom. The normalized spacial score (nSPS) is 17.5. The predicted molar refractivity (Wildman–Crippen MR) is 115 cm³/mol. The lowest BCUT2D eigenvalue weighted by Gasteiger charge is -2.23. The average Bonchev–Trinajstić information content (AvgIpc) is 3.22. The van der Waals surface area contributed by atoms with Crippen molar-refractivity contribution in [3.8, 4) is 0 Å². The van der Waals surface area contributed by atoms with Crippen molar-refractivity contribution >= 4 is 29.7 Å². The van der Waals surface area contributed by atoms with E-state index in [4.69, 9.17) is 11.5 Å². The third-order valence-corrected chi connectivity index (χ3v) is 4.72. The molecule has 0 spiro atoms. The maximum Gasteiger partial charge on any atom is 0.326 e. The van der Waals surface area contributed by atoms with Gasteiger partial charge in [-0.1, -0.05) is 13.8 Å². The molecule has 3 atom stereocenters. The molecular weight excluding hydrogens is 406 g/mol. The molecule has 1 rings (SSSR count). The summed E-state index contributed by atoms with van der Waals surface area (Å²) in [5.74, 6) is -2.59. The number of nitrogens with two attached hydrogens (primary N) is 2. The number of nitrogens with one attached hydrogen (secondary N) is 4. The van der Waals surface area contributed by atoms with Crippen LogP contribution in [0, 0.1) is 5.92 Å². The van der Waals surface area contributed by atoms with Crippen LogP contribution in [-0.4, -0.2) is 72.5 Å². The Morgan fingerprint density at radius 1 is 1.16 bits per heavy atom. The monoisotopic (exact) mass is 441 g/mol. The van der Waals surface area contributed by atoms with Crippen molar-refractivity contribution in [3.05, 3.63) is 0 Å². The molecule has 1 aliphatic heterocycles. The number of carbonyl (C=O) groups is 4. The molecule has 3 unspecified atom stereocenters. The predicted octanol–water partition coefficient (Wildman–Crippen LogP) is -1.99. The summed E-state index contributed by atoms with van der Waals surface area (Å²) in [5.41, 5.74) is 10.5. The Labute approximate surface area is 182 Å². The first-order valence-electron chi connectivity index (χ1n) is 10.5. The molecule has 0 radical (unpaired) electrons. The molecule has 1 saturated heterocycles. The second kappa shape index (κ2) is 13.4.